The zero-order valence-corrected chi connectivity index (χ0v) is 7.85. The first-order chi connectivity index (χ1) is 7.67. The van der Waals surface area contributed by atoms with Crippen LogP contribution in [0.25, 0.3) is 0 Å². The van der Waals surface area contributed by atoms with E-state index in [0.717, 1.165) is 0 Å². The molecule has 0 heterocycles. The highest BCUT2D eigenvalue weighted by Gasteiger charge is 2.81. The van der Waals surface area contributed by atoms with Crippen LogP contribution in [-0.4, -0.2) is 37.2 Å². The summed E-state index contributed by atoms with van der Waals surface area (Å²) in [5, 5.41) is 0. The van der Waals surface area contributed by atoms with Crippen molar-refractivity contribution in [1.82, 2.24) is 0 Å². The molecule has 0 amide bonds. The van der Waals surface area contributed by atoms with Gasteiger partial charge in [-0.3, -0.25) is 0 Å². The van der Waals surface area contributed by atoms with Crippen LogP contribution in [0.15, 0.2) is 0 Å². The summed E-state index contributed by atoms with van der Waals surface area (Å²) >= 11 is 0. The second kappa shape index (κ2) is 4.70. The molecule has 110 valence electrons. The summed E-state index contributed by atoms with van der Waals surface area (Å²) in [7, 11) is 0. The maximum absolute atomic E-state index is 12.4. The first-order valence-corrected chi connectivity index (χ1v) is 3.77. The summed E-state index contributed by atoms with van der Waals surface area (Å²) in [6.45, 7) is -7.03. The monoisotopic (exact) mass is 300 g/mol. The molecule has 0 spiro atoms. The van der Waals surface area contributed by atoms with E-state index in [1.807, 2.05) is 0 Å². The molecule has 0 aromatic heterocycles. The second-order valence-electron chi connectivity index (χ2n) is 2.92. The van der Waals surface area contributed by atoms with E-state index in [-0.39, 0.29) is 0 Å². The van der Waals surface area contributed by atoms with E-state index in [2.05, 4.69) is 4.74 Å². The average Bonchev–Trinajstić information content (AvgIpc) is 2.12. The Bertz CT molecular complexity index is 280. The van der Waals surface area contributed by atoms with Crippen molar-refractivity contribution in [2.45, 2.75) is 30.6 Å². The smallest absolute Gasteiger partial charge is 0.316 e. The molecule has 0 atom stereocenters. The van der Waals surface area contributed by atoms with Crippen LogP contribution in [0.4, 0.5) is 48.3 Å². The molecule has 0 aromatic carbocycles. The summed E-state index contributed by atoms with van der Waals surface area (Å²) in [4.78, 5) is 0. The van der Waals surface area contributed by atoms with Crippen LogP contribution in [0, 0.1) is 0 Å². The molecule has 0 saturated heterocycles. The van der Waals surface area contributed by atoms with Gasteiger partial charge in [0.15, 0.2) is 0 Å². The quantitative estimate of drug-likeness (QED) is 0.704. The average molecular weight is 300 g/mol. The predicted octanol–water partition coefficient (Wildman–Crippen LogP) is 3.69. The Morgan fingerprint density at radius 1 is 0.722 bits per heavy atom. The Labute approximate surface area is 91.5 Å². The van der Waals surface area contributed by atoms with Gasteiger partial charge in [-0.25, -0.2) is 0 Å². The van der Waals surface area contributed by atoms with Crippen molar-refractivity contribution < 1.29 is 53.0 Å². The lowest BCUT2D eigenvalue weighted by Gasteiger charge is -2.33. The van der Waals surface area contributed by atoms with Crippen LogP contribution in [0.5, 0.6) is 0 Å². The Kier molecular flexibility index (Phi) is 4.49. The van der Waals surface area contributed by atoms with Gasteiger partial charge in [0.05, 0.1) is 0 Å². The van der Waals surface area contributed by atoms with Crippen molar-refractivity contribution in [3.63, 3.8) is 0 Å². The minimum absolute atomic E-state index is 2.64. The minimum atomic E-state index is -7.10. The molecule has 0 aromatic rings. The van der Waals surface area contributed by atoms with Crippen molar-refractivity contribution >= 4 is 0 Å². The highest BCUT2D eigenvalue weighted by molar-refractivity contribution is 5.00. The third-order valence-corrected chi connectivity index (χ3v) is 1.60. The molecule has 0 aliphatic carbocycles. The fourth-order valence-corrected chi connectivity index (χ4v) is 0.666. The molecule has 0 N–H and O–H groups in total. The third kappa shape index (κ3) is 2.95. The van der Waals surface area contributed by atoms with E-state index >= 15 is 0 Å². The van der Waals surface area contributed by atoms with Crippen LogP contribution >= 0.6 is 0 Å². The van der Waals surface area contributed by atoms with E-state index in [0.29, 0.717) is 0 Å². The molecule has 0 fully saturated rings. The van der Waals surface area contributed by atoms with Gasteiger partial charge in [0.2, 0.25) is 0 Å². The number of ether oxygens (including phenoxy) is 1. The molecule has 0 aliphatic heterocycles. The SMILES string of the molecule is FC(F)OCC(F)(F)C(F)(F)C(F)(F)C(F)(F)F. The van der Waals surface area contributed by atoms with Crippen molar-refractivity contribution in [3.05, 3.63) is 0 Å². The van der Waals surface area contributed by atoms with Crippen LogP contribution in [0.2, 0.25) is 0 Å². The predicted molar refractivity (Wildman–Crippen MR) is 32.9 cm³/mol. The van der Waals surface area contributed by atoms with Gasteiger partial charge in [0.25, 0.3) is 0 Å². The highest BCUT2D eigenvalue weighted by Crippen LogP contribution is 2.53. The summed E-state index contributed by atoms with van der Waals surface area (Å²) < 4.78 is 134. The number of halogens is 11. The van der Waals surface area contributed by atoms with Gasteiger partial charge in [-0.05, 0) is 0 Å². The lowest BCUT2D eigenvalue weighted by Crippen LogP contribution is -2.62. The number of hydrogen-bond acceptors (Lipinski definition) is 1. The topological polar surface area (TPSA) is 9.23 Å². The van der Waals surface area contributed by atoms with Crippen LogP contribution in [-0.2, 0) is 4.74 Å². The largest absolute Gasteiger partial charge is 0.460 e. The van der Waals surface area contributed by atoms with Gasteiger partial charge >= 0.3 is 30.6 Å². The fraction of sp³-hybridized carbons (Fsp3) is 1.00. The van der Waals surface area contributed by atoms with Crippen LogP contribution < -0.4 is 0 Å². The van der Waals surface area contributed by atoms with Gasteiger partial charge < -0.3 is 4.74 Å². The summed E-state index contributed by atoms with van der Waals surface area (Å²) in [6, 6.07) is 0. The Hall–Kier alpha value is -0.810. The molecule has 0 bridgehead atoms. The standard InChI is InChI=1S/C6H3F11O/c7-2(8)18-1-3(9,10)4(11,12)5(13,14)6(15,16)17/h2H,1H2. The van der Waals surface area contributed by atoms with Crippen molar-refractivity contribution in [2.24, 2.45) is 0 Å². The number of hydrogen-bond donors (Lipinski definition) is 0. The van der Waals surface area contributed by atoms with Gasteiger partial charge in [-0.2, -0.15) is 48.3 Å². The number of alkyl halides is 11. The molecular weight excluding hydrogens is 297 g/mol. The highest BCUT2D eigenvalue weighted by atomic mass is 19.4. The zero-order valence-electron chi connectivity index (χ0n) is 7.85. The second-order valence-corrected chi connectivity index (χ2v) is 2.92. The molecule has 0 saturated carbocycles. The van der Waals surface area contributed by atoms with E-state index in [1.165, 1.54) is 0 Å². The molecule has 12 heteroatoms. The third-order valence-electron chi connectivity index (χ3n) is 1.60. The maximum atomic E-state index is 12.4. The Morgan fingerprint density at radius 3 is 1.39 bits per heavy atom. The van der Waals surface area contributed by atoms with Gasteiger partial charge in [-0.1, -0.05) is 0 Å². The Morgan fingerprint density at radius 2 is 1.11 bits per heavy atom. The van der Waals surface area contributed by atoms with E-state index in [9.17, 15) is 48.3 Å². The minimum Gasteiger partial charge on any atom is -0.316 e. The molecule has 0 radical (unpaired) electrons. The number of rotatable bonds is 5. The van der Waals surface area contributed by atoms with Crippen molar-refractivity contribution in [3.8, 4) is 0 Å². The van der Waals surface area contributed by atoms with E-state index in [4.69, 9.17) is 0 Å². The van der Waals surface area contributed by atoms with Gasteiger partial charge in [0.1, 0.15) is 6.61 Å². The lowest BCUT2D eigenvalue weighted by molar-refractivity contribution is -0.402. The first kappa shape index (κ1) is 17.2. The van der Waals surface area contributed by atoms with E-state index in [1.54, 1.807) is 0 Å². The van der Waals surface area contributed by atoms with Gasteiger partial charge in [0, 0.05) is 0 Å². The summed E-state index contributed by atoms with van der Waals surface area (Å²) in [5.41, 5.74) is 0. The molecule has 0 aliphatic rings. The van der Waals surface area contributed by atoms with E-state index < -0.39 is 37.2 Å². The molecule has 0 rings (SSSR count). The zero-order chi connectivity index (χ0) is 15.0. The summed E-state index contributed by atoms with van der Waals surface area (Å²) in [6.07, 6.45) is -6.98. The normalized spacial score (nSPS) is 15.3. The Balaban J connectivity index is 5.23. The van der Waals surface area contributed by atoms with Crippen molar-refractivity contribution in [1.29, 1.82) is 0 Å². The molecular formula is C6H3F11O. The first-order valence-electron chi connectivity index (χ1n) is 3.77. The molecule has 18 heavy (non-hydrogen) atoms. The lowest BCUT2D eigenvalue weighted by atomic mass is 10.0. The fourth-order valence-electron chi connectivity index (χ4n) is 0.666. The van der Waals surface area contributed by atoms with Crippen LogP contribution in [0.3, 0.4) is 0 Å². The van der Waals surface area contributed by atoms with Crippen molar-refractivity contribution in [2.75, 3.05) is 6.61 Å². The van der Waals surface area contributed by atoms with Crippen LogP contribution in [0.1, 0.15) is 0 Å². The van der Waals surface area contributed by atoms with Gasteiger partial charge in [-0.15, -0.1) is 0 Å². The summed E-state index contributed by atoms with van der Waals surface area (Å²) in [5.74, 6) is -20.2. The molecule has 1 nitrogen and oxygen atoms in total. The maximum Gasteiger partial charge on any atom is 0.460 e. The molecule has 0 unspecified atom stereocenters.